The number of aryl methyl sites for hydroxylation is 2. The Morgan fingerprint density at radius 3 is 2.52 bits per heavy atom. The number of hydrogen-bond donors (Lipinski definition) is 2. The summed E-state index contributed by atoms with van der Waals surface area (Å²) >= 11 is 1.70. The van der Waals surface area contributed by atoms with Gasteiger partial charge in [-0.1, -0.05) is 12.1 Å². The van der Waals surface area contributed by atoms with Gasteiger partial charge in [-0.2, -0.15) is 0 Å². The van der Waals surface area contributed by atoms with Crippen molar-refractivity contribution >= 4 is 17.3 Å². The van der Waals surface area contributed by atoms with Crippen molar-refractivity contribution < 1.29 is 9.13 Å². The summed E-state index contributed by atoms with van der Waals surface area (Å²) < 4.78 is 18.9. The zero-order chi connectivity index (χ0) is 19.3. The highest BCUT2D eigenvalue weighted by Crippen LogP contribution is 2.34. The molecule has 0 atom stereocenters. The lowest BCUT2D eigenvalue weighted by molar-refractivity contribution is 0.0513. The molecule has 1 aliphatic rings. The summed E-state index contributed by atoms with van der Waals surface area (Å²) in [5.74, 6) is 0.551. The Morgan fingerprint density at radius 2 is 1.93 bits per heavy atom. The van der Waals surface area contributed by atoms with Crippen LogP contribution < -0.4 is 10.6 Å². The molecule has 146 valence electrons. The summed E-state index contributed by atoms with van der Waals surface area (Å²) in [5.41, 5.74) is 2.12. The van der Waals surface area contributed by atoms with Crippen molar-refractivity contribution in [3.05, 3.63) is 51.2 Å². The molecule has 1 fully saturated rings. The number of halogens is 1. The van der Waals surface area contributed by atoms with Crippen molar-refractivity contribution in [1.82, 2.24) is 15.6 Å². The average molecular weight is 391 g/mol. The van der Waals surface area contributed by atoms with Gasteiger partial charge in [0.2, 0.25) is 0 Å². The van der Waals surface area contributed by atoms with Crippen LogP contribution in [0, 0.1) is 19.7 Å². The van der Waals surface area contributed by atoms with Crippen molar-refractivity contribution in [3.63, 3.8) is 0 Å². The van der Waals surface area contributed by atoms with E-state index in [9.17, 15) is 4.39 Å². The summed E-state index contributed by atoms with van der Waals surface area (Å²) in [4.78, 5) is 10.0. The molecule has 2 aromatic rings. The van der Waals surface area contributed by atoms with Crippen LogP contribution in [-0.2, 0) is 16.7 Å². The third-order valence-electron chi connectivity index (χ3n) is 5.14. The highest BCUT2D eigenvalue weighted by atomic mass is 32.1. The third-order valence-corrected chi connectivity index (χ3v) is 6.21. The first-order valence-corrected chi connectivity index (χ1v) is 10.1. The van der Waals surface area contributed by atoms with Crippen LogP contribution in [0.5, 0.6) is 0 Å². The monoisotopic (exact) mass is 390 g/mol. The Hall–Kier alpha value is -1.99. The minimum atomic E-state index is -0.207. The normalized spacial score (nSPS) is 17.0. The number of benzene rings is 1. The van der Waals surface area contributed by atoms with E-state index in [0.29, 0.717) is 19.8 Å². The van der Waals surface area contributed by atoms with Crippen LogP contribution in [0.2, 0.25) is 0 Å². The van der Waals surface area contributed by atoms with Gasteiger partial charge in [0, 0.05) is 37.1 Å². The number of aliphatic imine (C=N–C) groups is 1. The van der Waals surface area contributed by atoms with Crippen molar-refractivity contribution in [2.45, 2.75) is 38.6 Å². The Bertz CT molecular complexity index is 782. The van der Waals surface area contributed by atoms with Crippen LogP contribution in [0.4, 0.5) is 4.39 Å². The van der Waals surface area contributed by atoms with Gasteiger partial charge >= 0.3 is 0 Å². The Balaban J connectivity index is 1.66. The molecule has 27 heavy (non-hydrogen) atoms. The second kappa shape index (κ2) is 8.80. The van der Waals surface area contributed by atoms with E-state index in [-0.39, 0.29) is 11.2 Å². The Morgan fingerprint density at radius 1 is 1.22 bits per heavy atom. The molecule has 1 aromatic heterocycles. The molecule has 1 aromatic carbocycles. The first-order valence-electron chi connectivity index (χ1n) is 9.24. The summed E-state index contributed by atoms with van der Waals surface area (Å²) in [6.07, 6.45) is 1.80. The van der Waals surface area contributed by atoms with Crippen molar-refractivity contribution in [1.29, 1.82) is 0 Å². The molecule has 0 spiro atoms. The molecule has 0 unspecified atom stereocenters. The maximum atomic E-state index is 13.4. The molecule has 7 heteroatoms. The molecule has 1 aliphatic heterocycles. The number of aromatic nitrogens is 1. The van der Waals surface area contributed by atoms with Gasteiger partial charge in [0.25, 0.3) is 0 Å². The second-order valence-electron chi connectivity index (χ2n) is 6.92. The van der Waals surface area contributed by atoms with E-state index in [1.54, 1.807) is 18.4 Å². The average Bonchev–Trinajstić information content (AvgIpc) is 3.00. The van der Waals surface area contributed by atoms with Gasteiger partial charge in [-0.15, -0.1) is 11.3 Å². The molecule has 5 nitrogen and oxygen atoms in total. The fourth-order valence-electron chi connectivity index (χ4n) is 3.51. The van der Waals surface area contributed by atoms with Gasteiger partial charge in [0.1, 0.15) is 5.82 Å². The predicted molar refractivity (Wildman–Crippen MR) is 108 cm³/mol. The van der Waals surface area contributed by atoms with E-state index in [2.05, 4.69) is 20.6 Å². The van der Waals surface area contributed by atoms with Gasteiger partial charge in [-0.05, 0) is 44.4 Å². The first kappa shape index (κ1) is 19.8. The molecule has 2 N–H and O–H groups in total. The lowest BCUT2D eigenvalue weighted by atomic mass is 9.74. The molecule has 3 rings (SSSR count). The minimum Gasteiger partial charge on any atom is -0.381 e. The zero-order valence-electron chi connectivity index (χ0n) is 16.1. The number of rotatable bonds is 5. The minimum absolute atomic E-state index is 0.0828. The van der Waals surface area contributed by atoms with Gasteiger partial charge < -0.3 is 15.4 Å². The SMILES string of the molecule is CN=C(NCc1sc(C)nc1C)NCC1(c2ccc(F)cc2)CCOCC1. The number of ether oxygens (including phenoxy) is 1. The molecule has 0 saturated carbocycles. The number of nitrogens with zero attached hydrogens (tertiary/aromatic N) is 2. The number of nitrogens with one attached hydrogen (secondary N) is 2. The van der Waals surface area contributed by atoms with Gasteiger partial charge in [0.15, 0.2) is 5.96 Å². The Kier molecular flexibility index (Phi) is 6.44. The van der Waals surface area contributed by atoms with E-state index < -0.39 is 0 Å². The third kappa shape index (κ3) is 4.84. The Labute approximate surface area is 164 Å². The van der Waals surface area contributed by atoms with Gasteiger partial charge in [-0.25, -0.2) is 9.37 Å². The highest BCUT2D eigenvalue weighted by molar-refractivity contribution is 7.11. The molecule has 0 aliphatic carbocycles. The van der Waals surface area contributed by atoms with Gasteiger partial charge in [0.05, 0.1) is 17.2 Å². The lowest BCUT2D eigenvalue weighted by Gasteiger charge is -2.38. The molecule has 0 bridgehead atoms. The van der Waals surface area contributed by atoms with E-state index in [1.807, 2.05) is 26.0 Å². The second-order valence-corrected chi connectivity index (χ2v) is 8.21. The van der Waals surface area contributed by atoms with Crippen molar-refractivity contribution in [2.24, 2.45) is 4.99 Å². The van der Waals surface area contributed by atoms with Crippen LogP contribution in [0.15, 0.2) is 29.3 Å². The molecule has 1 saturated heterocycles. The summed E-state index contributed by atoms with van der Waals surface area (Å²) in [5, 5.41) is 7.91. The zero-order valence-corrected chi connectivity index (χ0v) is 17.0. The highest BCUT2D eigenvalue weighted by Gasteiger charge is 2.34. The van der Waals surface area contributed by atoms with Crippen LogP contribution in [-0.4, -0.2) is 37.7 Å². The number of hydrogen-bond acceptors (Lipinski definition) is 4. The van der Waals surface area contributed by atoms with Crippen LogP contribution in [0.3, 0.4) is 0 Å². The van der Waals surface area contributed by atoms with Crippen LogP contribution in [0.25, 0.3) is 0 Å². The maximum absolute atomic E-state index is 13.4. The quantitative estimate of drug-likeness (QED) is 0.607. The van der Waals surface area contributed by atoms with Crippen LogP contribution >= 0.6 is 11.3 Å². The standard InChI is InChI=1S/C20H27FN4OS/c1-14-18(27-15(2)25-14)12-23-19(22-3)24-13-20(8-10-26-11-9-20)16-4-6-17(21)7-5-16/h4-7H,8-13H2,1-3H3,(H2,22,23,24). The first-order chi connectivity index (χ1) is 13.0. The lowest BCUT2D eigenvalue weighted by Crippen LogP contribution is -2.47. The summed E-state index contributed by atoms with van der Waals surface area (Å²) in [7, 11) is 1.77. The van der Waals surface area contributed by atoms with E-state index in [1.165, 1.54) is 17.0 Å². The fourth-order valence-corrected chi connectivity index (χ4v) is 4.38. The maximum Gasteiger partial charge on any atom is 0.191 e. The van der Waals surface area contributed by atoms with E-state index >= 15 is 0 Å². The molecule has 0 amide bonds. The number of thiazole rings is 1. The molecule has 0 radical (unpaired) electrons. The fraction of sp³-hybridized carbons (Fsp3) is 0.500. The topological polar surface area (TPSA) is 58.5 Å². The van der Waals surface area contributed by atoms with E-state index in [4.69, 9.17) is 4.74 Å². The molecular formula is C20H27FN4OS. The number of guanidine groups is 1. The molecule has 2 heterocycles. The van der Waals surface area contributed by atoms with Crippen molar-refractivity contribution in [3.8, 4) is 0 Å². The van der Waals surface area contributed by atoms with Crippen molar-refractivity contribution in [2.75, 3.05) is 26.8 Å². The smallest absolute Gasteiger partial charge is 0.191 e. The largest absolute Gasteiger partial charge is 0.381 e. The summed E-state index contributed by atoms with van der Waals surface area (Å²) in [6, 6.07) is 6.85. The van der Waals surface area contributed by atoms with Crippen LogP contribution in [0.1, 0.15) is 34.0 Å². The predicted octanol–water partition coefficient (Wildman–Crippen LogP) is 3.31. The van der Waals surface area contributed by atoms with Gasteiger partial charge in [-0.3, -0.25) is 4.99 Å². The molecular weight excluding hydrogens is 363 g/mol. The van der Waals surface area contributed by atoms with E-state index in [0.717, 1.165) is 41.6 Å². The summed E-state index contributed by atoms with van der Waals surface area (Å²) in [6.45, 7) is 6.90.